The number of nitrogens with zero attached hydrogens (tertiary/aromatic N) is 2. The highest BCUT2D eigenvalue weighted by molar-refractivity contribution is 5.78. The standard InChI is InChI=1S/C18H34N4O4/c1-2-26-18(23)22-9-4-16(5-10-22)21-17(19)20-8-3-11-25-14-15-6-12-24-13-7-15/h15-16H,2-14H2,1H3,(H3,19,20,21). The van der Waals surface area contributed by atoms with Crippen LogP contribution in [-0.4, -0.2) is 75.7 Å². The molecular weight excluding hydrogens is 336 g/mol. The number of hydrogen-bond acceptors (Lipinski definition) is 5. The van der Waals surface area contributed by atoms with Crippen LogP contribution in [0.5, 0.6) is 0 Å². The zero-order valence-electron chi connectivity index (χ0n) is 16.0. The number of carbonyl (C=O) groups is 1. The van der Waals surface area contributed by atoms with E-state index in [0.717, 1.165) is 51.9 Å². The number of hydrogen-bond donors (Lipinski definition) is 2. The first-order valence-corrected chi connectivity index (χ1v) is 9.82. The molecule has 0 aromatic rings. The van der Waals surface area contributed by atoms with Gasteiger partial charge in [0.05, 0.1) is 6.61 Å². The van der Waals surface area contributed by atoms with Crippen LogP contribution in [0.15, 0.2) is 4.99 Å². The Balaban J connectivity index is 1.51. The number of guanidine groups is 1. The van der Waals surface area contributed by atoms with Gasteiger partial charge in [-0.2, -0.15) is 0 Å². The highest BCUT2D eigenvalue weighted by Gasteiger charge is 2.23. The number of rotatable bonds is 8. The Kier molecular flexibility index (Phi) is 9.55. The Bertz CT molecular complexity index is 433. The van der Waals surface area contributed by atoms with E-state index in [1.807, 2.05) is 6.92 Å². The molecule has 26 heavy (non-hydrogen) atoms. The van der Waals surface area contributed by atoms with E-state index < -0.39 is 0 Å². The van der Waals surface area contributed by atoms with Gasteiger partial charge >= 0.3 is 6.09 Å². The van der Waals surface area contributed by atoms with E-state index in [1.165, 1.54) is 0 Å². The van der Waals surface area contributed by atoms with Crippen molar-refractivity contribution in [3.63, 3.8) is 0 Å². The largest absolute Gasteiger partial charge is 0.450 e. The first-order chi connectivity index (χ1) is 12.7. The first kappa shape index (κ1) is 20.8. The van der Waals surface area contributed by atoms with Crippen molar-refractivity contribution < 1.29 is 19.0 Å². The van der Waals surface area contributed by atoms with Gasteiger partial charge in [0.2, 0.25) is 0 Å². The van der Waals surface area contributed by atoms with Crippen LogP contribution in [-0.2, 0) is 14.2 Å². The van der Waals surface area contributed by atoms with E-state index in [0.29, 0.717) is 44.7 Å². The van der Waals surface area contributed by atoms with Crippen molar-refractivity contribution in [1.29, 1.82) is 0 Å². The maximum atomic E-state index is 11.7. The third-order valence-electron chi connectivity index (χ3n) is 4.80. The van der Waals surface area contributed by atoms with E-state index in [-0.39, 0.29) is 12.1 Å². The molecule has 8 heteroatoms. The smallest absolute Gasteiger partial charge is 0.409 e. The number of nitrogens with one attached hydrogen (secondary N) is 1. The highest BCUT2D eigenvalue weighted by atomic mass is 16.6. The van der Waals surface area contributed by atoms with Gasteiger partial charge in [-0.05, 0) is 44.9 Å². The molecule has 2 saturated heterocycles. The van der Waals surface area contributed by atoms with Crippen LogP contribution < -0.4 is 11.1 Å². The normalized spacial score (nSPS) is 20.2. The second-order valence-electron chi connectivity index (χ2n) is 6.86. The van der Waals surface area contributed by atoms with Crippen LogP contribution in [0.3, 0.4) is 0 Å². The first-order valence-electron chi connectivity index (χ1n) is 9.82. The number of amides is 1. The zero-order valence-corrected chi connectivity index (χ0v) is 16.0. The molecule has 0 bridgehead atoms. The number of ether oxygens (including phenoxy) is 3. The molecule has 0 saturated carbocycles. The van der Waals surface area contributed by atoms with Gasteiger partial charge in [0.1, 0.15) is 0 Å². The van der Waals surface area contributed by atoms with E-state index in [2.05, 4.69) is 10.3 Å². The Hall–Kier alpha value is -1.54. The van der Waals surface area contributed by atoms with Crippen LogP contribution >= 0.6 is 0 Å². The average Bonchev–Trinajstić information content (AvgIpc) is 2.66. The van der Waals surface area contributed by atoms with Crippen LogP contribution in [0, 0.1) is 5.92 Å². The van der Waals surface area contributed by atoms with Gasteiger partial charge in [0.15, 0.2) is 5.96 Å². The van der Waals surface area contributed by atoms with Crippen LogP contribution in [0.4, 0.5) is 4.79 Å². The highest BCUT2D eigenvalue weighted by Crippen LogP contribution is 2.14. The fourth-order valence-electron chi connectivity index (χ4n) is 3.21. The lowest BCUT2D eigenvalue weighted by Crippen LogP contribution is -2.48. The van der Waals surface area contributed by atoms with Crippen molar-refractivity contribution in [2.75, 3.05) is 52.7 Å². The molecule has 0 aliphatic carbocycles. The molecule has 0 radical (unpaired) electrons. The third kappa shape index (κ3) is 7.78. The molecule has 0 atom stereocenters. The van der Waals surface area contributed by atoms with Crippen LogP contribution in [0.2, 0.25) is 0 Å². The van der Waals surface area contributed by atoms with Gasteiger partial charge in [0.25, 0.3) is 0 Å². The number of nitrogens with two attached hydrogens (primary N) is 1. The SMILES string of the molecule is CCOC(=O)N1CCC(NC(N)=NCCCOCC2CCOCC2)CC1. The number of piperidine rings is 1. The maximum absolute atomic E-state index is 11.7. The summed E-state index contributed by atoms with van der Waals surface area (Å²) in [5, 5.41) is 3.25. The topological polar surface area (TPSA) is 98.4 Å². The molecular formula is C18H34N4O4. The van der Waals surface area contributed by atoms with Crippen molar-refractivity contribution in [3.8, 4) is 0 Å². The predicted octanol–water partition coefficient (Wildman–Crippen LogP) is 1.34. The van der Waals surface area contributed by atoms with Gasteiger partial charge in [-0.1, -0.05) is 0 Å². The lowest BCUT2D eigenvalue weighted by molar-refractivity contribution is 0.0205. The van der Waals surface area contributed by atoms with Crippen LogP contribution in [0.1, 0.15) is 39.0 Å². The van der Waals surface area contributed by atoms with Gasteiger partial charge in [0, 0.05) is 52.1 Å². The molecule has 2 aliphatic rings. The summed E-state index contributed by atoms with van der Waals surface area (Å²) < 4.78 is 16.1. The lowest BCUT2D eigenvalue weighted by atomic mass is 10.0. The Morgan fingerprint density at radius 1 is 1.27 bits per heavy atom. The minimum Gasteiger partial charge on any atom is -0.450 e. The van der Waals surface area contributed by atoms with E-state index >= 15 is 0 Å². The minimum absolute atomic E-state index is 0.228. The monoisotopic (exact) mass is 370 g/mol. The summed E-state index contributed by atoms with van der Waals surface area (Å²) in [7, 11) is 0. The molecule has 0 spiro atoms. The predicted molar refractivity (Wildman–Crippen MR) is 100 cm³/mol. The summed E-state index contributed by atoms with van der Waals surface area (Å²) in [5.41, 5.74) is 5.96. The molecule has 0 aromatic carbocycles. The summed E-state index contributed by atoms with van der Waals surface area (Å²) in [4.78, 5) is 17.8. The average molecular weight is 370 g/mol. The number of aliphatic imine (C=N–C) groups is 1. The molecule has 1 amide bonds. The number of carbonyl (C=O) groups excluding carboxylic acids is 1. The molecule has 0 unspecified atom stereocenters. The van der Waals surface area contributed by atoms with Gasteiger partial charge < -0.3 is 30.2 Å². The molecule has 8 nitrogen and oxygen atoms in total. The summed E-state index contributed by atoms with van der Waals surface area (Å²) in [6.07, 6.45) is 4.54. The fraction of sp³-hybridized carbons (Fsp3) is 0.889. The molecule has 2 aliphatic heterocycles. The second kappa shape index (κ2) is 12.0. The van der Waals surface area contributed by atoms with Crippen LogP contribution in [0.25, 0.3) is 0 Å². The molecule has 0 aromatic heterocycles. The fourth-order valence-corrected chi connectivity index (χ4v) is 3.21. The summed E-state index contributed by atoms with van der Waals surface area (Å²) >= 11 is 0. The van der Waals surface area contributed by atoms with E-state index in [4.69, 9.17) is 19.9 Å². The summed E-state index contributed by atoms with van der Waals surface area (Å²) in [6.45, 7) is 7.51. The van der Waals surface area contributed by atoms with E-state index in [9.17, 15) is 4.79 Å². The quantitative estimate of drug-likeness (QED) is 0.380. The summed E-state index contributed by atoms with van der Waals surface area (Å²) in [6, 6.07) is 0.259. The van der Waals surface area contributed by atoms with Crippen molar-refractivity contribution in [2.45, 2.75) is 45.1 Å². The molecule has 2 fully saturated rings. The maximum Gasteiger partial charge on any atom is 0.409 e. The molecule has 2 heterocycles. The number of likely N-dealkylation sites (tertiary alicyclic amines) is 1. The van der Waals surface area contributed by atoms with Gasteiger partial charge in [-0.25, -0.2) is 4.79 Å². The van der Waals surface area contributed by atoms with E-state index in [1.54, 1.807) is 4.90 Å². The van der Waals surface area contributed by atoms with Gasteiger partial charge in [-0.15, -0.1) is 0 Å². The molecule has 2 rings (SSSR count). The third-order valence-corrected chi connectivity index (χ3v) is 4.80. The molecule has 3 N–H and O–H groups in total. The zero-order chi connectivity index (χ0) is 18.6. The Labute approximate surface area is 156 Å². The van der Waals surface area contributed by atoms with Crippen molar-refractivity contribution in [3.05, 3.63) is 0 Å². The Morgan fingerprint density at radius 2 is 2.00 bits per heavy atom. The lowest BCUT2D eigenvalue weighted by Gasteiger charge is -2.31. The second-order valence-corrected chi connectivity index (χ2v) is 6.86. The van der Waals surface area contributed by atoms with Crippen molar-refractivity contribution >= 4 is 12.1 Å². The summed E-state index contributed by atoms with van der Waals surface area (Å²) in [5.74, 6) is 1.11. The Morgan fingerprint density at radius 3 is 2.69 bits per heavy atom. The van der Waals surface area contributed by atoms with Crippen molar-refractivity contribution in [1.82, 2.24) is 10.2 Å². The molecule has 150 valence electrons. The minimum atomic E-state index is -0.228. The van der Waals surface area contributed by atoms with Gasteiger partial charge in [-0.3, -0.25) is 4.99 Å². The van der Waals surface area contributed by atoms with Crippen molar-refractivity contribution in [2.24, 2.45) is 16.6 Å².